The van der Waals surface area contributed by atoms with Gasteiger partial charge in [-0.1, -0.05) is 29.8 Å². The number of aromatic nitrogens is 2. The molecule has 2 aromatic heterocycles. The zero-order chi connectivity index (χ0) is 14.3. The minimum absolute atomic E-state index is 0.0376. The fraction of sp³-hybridized carbons (Fsp3) is 0.125. The lowest BCUT2D eigenvalue weighted by Crippen LogP contribution is -2.02. The van der Waals surface area contributed by atoms with Crippen LogP contribution >= 0.6 is 0 Å². The van der Waals surface area contributed by atoms with Crippen molar-refractivity contribution >= 4 is 11.5 Å². The smallest absolute Gasteiger partial charge is 0.372 e. The van der Waals surface area contributed by atoms with E-state index in [2.05, 4.69) is 11.1 Å². The summed E-state index contributed by atoms with van der Waals surface area (Å²) in [6.07, 6.45) is 1.72. The van der Waals surface area contributed by atoms with Crippen LogP contribution in [-0.4, -0.2) is 20.5 Å². The topological polar surface area (TPSA) is 54.6 Å². The molecule has 3 rings (SSSR count). The van der Waals surface area contributed by atoms with E-state index in [0.29, 0.717) is 5.69 Å². The van der Waals surface area contributed by atoms with Gasteiger partial charge in [0.1, 0.15) is 0 Å². The van der Waals surface area contributed by atoms with Gasteiger partial charge < -0.3 is 5.11 Å². The van der Waals surface area contributed by atoms with Crippen molar-refractivity contribution in [2.24, 2.45) is 0 Å². The third kappa shape index (κ3) is 1.86. The van der Waals surface area contributed by atoms with Crippen molar-refractivity contribution in [3.63, 3.8) is 0 Å². The maximum atomic E-state index is 11.3. The van der Waals surface area contributed by atoms with E-state index in [-0.39, 0.29) is 5.82 Å². The molecule has 0 aliphatic heterocycles. The summed E-state index contributed by atoms with van der Waals surface area (Å²) in [7, 11) is 0. The molecule has 2 heterocycles. The van der Waals surface area contributed by atoms with Gasteiger partial charge in [0.2, 0.25) is 5.82 Å². The normalized spacial score (nSPS) is 10.9. The summed E-state index contributed by atoms with van der Waals surface area (Å²) in [6.45, 7) is 4.04. The standard InChI is InChI=1S/C16H14N2O2/c1-10-6-7-12(11(2)9-10)14-13-5-3-4-8-18(13)15(17-14)16(19)20/h3-9H,1-2H3,(H,19,20). The summed E-state index contributed by atoms with van der Waals surface area (Å²) in [5, 5.41) is 9.27. The first-order valence-electron chi connectivity index (χ1n) is 6.36. The zero-order valence-corrected chi connectivity index (χ0v) is 11.3. The van der Waals surface area contributed by atoms with Gasteiger partial charge in [0.25, 0.3) is 0 Å². The molecular weight excluding hydrogens is 252 g/mol. The molecule has 0 radical (unpaired) electrons. The molecule has 1 aromatic carbocycles. The molecule has 4 heteroatoms. The fourth-order valence-corrected chi connectivity index (χ4v) is 2.47. The Labute approximate surface area is 116 Å². The highest BCUT2D eigenvalue weighted by Crippen LogP contribution is 2.28. The van der Waals surface area contributed by atoms with Crippen molar-refractivity contribution in [3.8, 4) is 11.3 Å². The average molecular weight is 266 g/mol. The van der Waals surface area contributed by atoms with Crippen LogP contribution in [0.3, 0.4) is 0 Å². The van der Waals surface area contributed by atoms with Gasteiger partial charge in [-0.05, 0) is 31.5 Å². The number of nitrogens with zero attached hydrogens (tertiary/aromatic N) is 2. The summed E-state index contributed by atoms with van der Waals surface area (Å²) in [5.74, 6) is -0.988. The van der Waals surface area contributed by atoms with Crippen LogP contribution in [0.1, 0.15) is 21.7 Å². The lowest BCUT2D eigenvalue weighted by molar-refractivity contribution is 0.0683. The van der Waals surface area contributed by atoms with Crippen LogP contribution in [0.4, 0.5) is 0 Å². The van der Waals surface area contributed by atoms with E-state index >= 15 is 0 Å². The Balaban J connectivity index is 2.34. The summed E-state index contributed by atoms with van der Waals surface area (Å²) < 4.78 is 1.61. The highest BCUT2D eigenvalue weighted by molar-refractivity contribution is 5.90. The molecule has 20 heavy (non-hydrogen) atoms. The summed E-state index contributed by atoms with van der Waals surface area (Å²) in [5.41, 5.74) is 4.74. The number of hydrogen-bond acceptors (Lipinski definition) is 2. The molecule has 4 nitrogen and oxygen atoms in total. The summed E-state index contributed by atoms with van der Waals surface area (Å²) in [4.78, 5) is 15.6. The third-order valence-electron chi connectivity index (χ3n) is 3.38. The van der Waals surface area contributed by atoms with Gasteiger partial charge in [-0.15, -0.1) is 0 Å². The molecule has 0 spiro atoms. The van der Waals surface area contributed by atoms with Crippen LogP contribution in [0, 0.1) is 13.8 Å². The largest absolute Gasteiger partial charge is 0.475 e. The Hall–Kier alpha value is -2.62. The average Bonchev–Trinajstić information content (AvgIpc) is 2.78. The van der Waals surface area contributed by atoms with Gasteiger partial charge in [-0.3, -0.25) is 4.40 Å². The van der Waals surface area contributed by atoms with Crippen molar-refractivity contribution in [2.75, 3.05) is 0 Å². The molecule has 0 atom stereocenters. The van der Waals surface area contributed by atoms with Gasteiger partial charge in [-0.25, -0.2) is 9.78 Å². The van der Waals surface area contributed by atoms with Crippen LogP contribution in [0.5, 0.6) is 0 Å². The van der Waals surface area contributed by atoms with Gasteiger partial charge in [0, 0.05) is 11.8 Å². The third-order valence-corrected chi connectivity index (χ3v) is 3.38. The molecule has 0 unspecified atom stereocenters. The summed E-state index contributed by atoms with van der Waals surface area (Å²) >= 11 is 0. The highest BCUT2D eigenvalue weighted by atomic mass is 16.4. The number of aromatic carboxylic acids is 1. The first kappa shape index (κ1) is 12.4. The van der Waals surface area contributed by atoms with Crippen LogP contribution in [-0.2, 0) is 0 Å². The number of hydrogen-bond donors (Lipinski definition) is 1. The van der Waals surface area contributed by atoms with Gasteiger partial charge in [0.15, 0.2) is 0 Å². The second-order valence-electron chi connectivity index (χ2n) is 4.86. The van der Waals surface area contributed by atoms with E-state index in [1.165, 1.54) is 5.56 Å². The lowest BCUT2D eigenvalue weighted by atomic mass is 10.0. The van der Waals surface area contributed by atoms with Crippen molar-refractivity contribution in [3.05, 3.63) is 59.5 Å². The Kier molecular flexibility index (Phi) is 2.79. The van der Waals surface area contributed by atoms with E-state index in [9.17, 15) is 9.90 Å². The summed E-state index contributed by atoms with van der Waals surface area (Å²) in [6, 6.07) is 11.6. The maximum absolute atomic E-state index is 11.3. The quantitative estimate of drug-likeness (QED) is 0.774. The first-order chi connectivity index (χ1) is 9.58. The number of fused-ring (bicyclic) bond motifs is 1. The Morgan fingerprint density at radius 2 is 2.00 bits per heavy atom. The molecule has 1 N–H and O–H groups in total. The fourth-order valence-electron chi connectivity index (χ4n) is 2.47. The Bertz CT molecular complexity index is 818. The molecule has 0 bridgehead atoms. The van der Waals surface area contributed by atoms with Crippen molar-refractivity contribution in [1.82, 2.24) is 9.38 Å². The highest BCUT2D eigenvalue weighted by Gasteiger charge is 2.18. The van der Waals surface area contributed by atoms with E-state index in [1.807, 2.05) is 38.1 Å². The van der Waals surface area contributed by atoms with Gasteiger partial charge in [-0.2, -0.15) is 0 Å². The molecular formula is C16H14N2O2. The number of carboxylic acids is 1. The molecule has 0 saturated heterocycles. The second-order valence-corrected chi connectivity index (χ2v) is 4.86. The Morgan fingerprint density at radius 1 is 1.20 bits per heavy atom. The number of aryl methyl sites for hydroxylation is 2. The molecule has 3 aromatic rings. The number of carbonyl (C=O) groups is 1. The van der Waals surface area contributed by atoms with Crippen LogP contribution in [0.15, 0.2) is 42.6 Å². The number of pyridine rings is 1. The van der Waals surface area contributed by atoms with Crippen LogP contribution in [0.25, 0.3) is 16.8 Å². The first-order valence-corrected chi connectivity index (χ1v) is 6.36. The van der Waals surface area contributed by atoms with Crippen molar-refractivity contribution < 1.29 is 9.90 Å². The molecule has 0 aliphatic rings. The molecule has 0 fully saturated rings. The molecule has 0 amide bonds. The predicted molar refractivity (Wildman–Crippen MR) is 77.1 cm³/mol. The lowest BCUT2D eigenvalue weighted by Gasteiger charge is -2.04. The number of rotatable bonds is 2. The zero-order valence-electron chi connectivity index (χ0n) is 11.3. The predicted octanol–water partition coefficient (Wildman–Crippen LogP) is 3.32. The van der Waals surface area contributed by atoms with Crippen molar-refractivity contribution in [2.45, 2.75) is 13.8 Å². The molecule has 0 saturated carbocycles. The monoisotopic (exact) mass is 266 g/mol. The van der Waals surface area contributed by atoms with E-state index in [4.69, 9.17) is 0 Å². The number of carboxylic acid groups (broad SMARTS) is 1. The SMILES string of the molecule is Cc1ccc(-c2nc(C(=O)O)n3ccccc23)c(C)c1. The molecule has 0 aliphatic carbocycles. The minimum Gasteiger partial charge on any atom is -0.475 e. The minimum atomic E-state index is -1.03. The number of imidazole rings is 1. The molecule has 100 valence electrons. The number of benzene rings is 1. The maximum Gasteiger partial charge on any atom is 0.372 e. The second kappa shape index (κ2) is 4.49. The van der Waals surface area contributed by atoms with E-state index in [1.54, 1.807) is 16.7 Å². The van der Waals surface area contributed by atoms with Gasteiger partial charge in [0.05, 0.1) is 11.2 Å². The van der Waals surface area contributed by atoms with Crippen molar-refractivity contribution in [1.29, 1.82) is 0 Å². The van der Waals surface area contributed by atoms with Crippen LogP contribution in [0.2, 0.25) is 0 Å². The van der Waals surface area contributed by atoms with E-state index < -0.39 is 5.97 Å². The van der Waals surface area contributed by atoms with Crippen LogP contribution < -0.4 is 0 Å². The Morgan fingerprint density at radius 3 is 2.70 bits per heavy atom. The van der Waals surface area contributed by atoms with Gasteiger partial charge >= 0.3 is 5.97 Å². The van der Waals surface area contributed by atoms with E-state index in [0.717, 1.165) is 16.6 Å².